The zero-order valence-electron chi connectivity index (χ0n) is 19.0. The predicted molar refractivity (Wildman–Crippen MR) is 129 cm³/mol. The van der Waals surface area contributed by atoms with Crippen LogP contribution in [-0.2, 0) is 29.8 Å². The molecule has 3 aromatic rings. The Morgan fingerprint density at radius 1 is 0.968 bits per heavy atom. The van der Waals surface area contributed by atoms with E-state index in [4.69, 9.17) is 12.2 Å². The summed E-state index contributed by atoms with van der Waals surface area (Å²) in [5, 5.41) is 0. The molecular formula is C23H32N4O2S2. The number of fused-ring (bicyclic) bond motifs is 1. The van der Waals surface area contributed by atoms with E-state index in [0.29, 0.717) is 29.4 Å². The summed E-state index contributed by atoms with van der Waals surface area (Å²) >= 11 is 5.77. The van der Waals surface area contributed by atoms with Gasteiger partial charge in [0.25, 0.3) is 0 Å². The molecule has 0 unspecified atom stereocenters. The van der Waals surface area contributed by atoms with Crippen molar-refractivity contribution in [3.8, 4) is 0 Å². The van der Waals surface area contributed by atoms with Crippen LogP contribution in [0.15, 0.2) is 47.4 Å². The van der Waals surface area contributed by atoms with Gasteiger partial charge in [0.15, 0.2) is 4.77 Å². The number of hydrogen-bond donors (Lipinski definition) is 0. The highest BCUT2D eigenvalue weighted by Gasteiger charge is 2.23. The maximum absolute atomic E-state index is 13.1. The number of nitrogens with zero attached hydrogens (tertiary/aromatic N) is 4. The molecule has 1 aromatic heterocycles. The summed E-state index contributed by atoms with van der Waals surface area (Å²) in [4.78, 5) is 2.51. The van der Waals surface area contributed by atoms with Crippen molar-refractivity contribution < 1.29 is 8.42 Å². The van der Waals surface area contributed by atoms with Crippen molar-refractivity contribution in [1.29, 1.82) is 0 Å². The highest BCUT2D eigenvalue weighted by atomic mass is 32.2. The molecule has 0 amide bonds. The minimum atomic E-state index is -3.54. The minimum Gasteiger partial charge on any atom is -0.317 e. The molecule has 0 aliphatic heterocycles. The summed E-state index contributed by atoms with van der Waals surface area (Å²) in [5.41, 5.74) is 4.31. The van der Waals surface area contributed by atoms with Gasteiger partial charge in [-0.25, -0.2) is 8.42 Å². The number of sulfonamides is 1. The second-order valence-corrected chi connectivity index (χ2v) is 10.1. The van der Waals surface area contributed by atoms with Gasteiger partial charge in [0.05, 0.1) is 22.6 Å². The van der Waals surface area contributed by atoms with Gasteiger partial charge >= 0.3 is 0 Å². The van der Waals surface area contributed by atoms with E-state index in [9.17, 15) is 8.42 Å². The van der Waals surface area contributed by atoms with Crippen molar-refractivity contribution >= 4 is 33.3 Å². The third-order valence-corrected chi connectivity index (χ3v) is 8.22. The van der Waals surface area contributed by atoms with Crippen LogP contribution in [0.5, 0.6) is 0 Å². The van der Waals surface area contributed by atoms with Crippen LogP contribution >= 0.6 is 12.2 Å². The van der Waals surface area contributed by atoms with E-state index in [1.807, 2.05) is 30.5 Å². The molecule has 2 aromatic carbocycles. The Labute approximate surface area is 190 Å². The van der Waals surface area contributed by atoms with Gasteiger partial charge in [-0.2, -0.15) is 4.31 Å². The SMILES string of the molecule is CCN(CC)S(=O)(=O)c1ccc2c(c1)n(CN(C)Cc1ccccc1C)c(=S)n2CC. The molecule has 31 heavy (non-hydrogen) atoms. The highest BCUT2D eigenvalue weighted by Crippen LogP contribution is 2.25. The first-order chi connectivity index (χ1) is 14.7. The van der Waals surface area contributed by atoms with Crippen molar-refractivity contribution in [1.82, 2.24) is 18.3 Å². The summed E-state index contributed by atoms with van der Waals surface area (Å²) < 4.78 is 32.4. The Bertz CT molecular complexity index is 1220. The van der Waals surface area contributed by atoms with Crippen LogP contribution < -0.4 is 0 Å². The molecule has 0 radical (unpaired) electrons. The van der Waals surface area contributed by atoms with Gasteiger partial charge in [-0.15, -0.1) is 0 Å². The van der Waals surface area contributed by atoms with Crippen molar-refractivity contribution in [3.05, 3.63) is 58.4 Å². The fourth-order valence-corrected chi connectivity index (χ4v) is 5.85. The number of imidazole rings is 1. The van der Waals surface area contributed by atoms with Crippen LogP contribution in [-0.4, -0.2) is 46.9 Å². The molecule has 6 nitrogen and oxygen atoms in total. The van der Waals surface area contributed by atoms with Crippen LogP contribution in [0.1, 0.15) is 31.9 Å². The Kier molecular flexibility index (Phi) is 7.36. The van der Waals surface area contributed by atoms with E-state index >= 15 is 0 Å². The maximum Gasteiger partial charge on any atom is 0.243 e. The molecule has 3 rings (SSSR count). The lowest BCUT2D eigenvalue weighted by atomic mass is 10.1. The number of aromatic nitrogens is 2. The first-order valence-corrected chi connectivity index (χ1v) is 12.6. The first-order valence-electron chi connectivity index (χ1n) is 10.7. The standard InChI is InChI=1S/C23H32N4O2S2/c1-6-25(7-2)31(28,29)20-13-14-21-22(15-20)27(23(30)26(21)8-3)17-24(5)16-19-12-10-9-11-18(19)4/h9-15H,6-8,16-17H2,1-5H3. The van der Waals surface area contributed by atoms with E-state index in [1.54, 1.807) is 12.1 Å². The highest BCUT2D eigenvalue weighted by molar-refractivity contribution is 7.89. The lowest BCUT2D eigenvalue weighted by Crippen LogP contribution is -2.30. The Morgan fingerprint density at radius 2 is 1.65 bits per heavy atom. The normalized spacial score (nSPS) is 12.4. The van der Waals surface area contributed by atoms with Crippen molar-refractivity contribution in [2.75, 3.05) is 20.1 Å². The van der Waals surface area contributed by atoms with Crippen LogP contribution in [0.3, 0.4) is 0 Å². The summed E-state index contributed by atoms with van der Waals surface area (Å²) in [6.07, 6.45) is 0. The van der Waals surface area contributed by atoms with Gasteiger partial charge < -0.3 is 9.13 Å². The quantitative estimate of drug-likeness (QED) is 0.437. The Balaban J connectivity index is 2.05. The van der Waals surface area contributed by atoms with Gasteiger partial charge in [0.2, 0.25) is 10.0 Å². The number of benzene rings is 2. The molecule has 0 bridgehead atoms. The smallest absolute Gasteiger partial charge is 0.243 e. The van der Waals surface area contributed by atoms with Crippen LogP contribution in [0.2, 0.25) is 0 Å². The first kappa shape index (κ1) is 23.7. The van der Waals surface area contributed by atoms with E-state index in [2.05, 4.69) is 48.6 Å². The van der Waals surface area contributed by atoms with Gasteiger partial charge in [-0.3, -0.25) is 4.90 Å². The minimum absolute atomic E-state index is 0.308. The van der Waals surface area contributed by atoms with Gasteiger partial charge in [0.1, 0.15) is 0 Å². The topological polar surface area (TPSA) is 50.5 Å². The average Bonchev–Trinajstić information content (AvgIpc) is 3.00. The van der Waals surface area contributed by atoms with Crippen LogP contribution in [0, 0.1) is 11.7 Å². The largest absolute Gasteiger partial charge is 0.317 e. The fourth-order valence-electron chi connectivity index (χ4n) is 3.98. The third-order valence-electron chi connectivity index (χ3n) is 5.73. The molecule has 0 saturated carbocycles. The average molecular weight is 461 g/mol. The van der Waals surface area contributed by atoms with E-state index < -0.39 is 10.0 Å². The Morgan fingerprint density at radius 3 is 2.26 bits per heavy atom. The van der Waals surface area contributed by atoms with Crippen molar-refractivity contribution in [3.63, 3.8) is 0 Å². The second-order valence-electron chi connectivity index (χ2n) is 7.78. The zero-order chi connectivity index (χ0) is 22.8. The van der Waals surface area contributed by atoms with Gasteiger partial charge in [0, 0.05) is 26.2 Å². The summed E-state index contributed by atoms with van der Waals surface area (Å²) in [6.45, 7) is 10.8. The number of aryl methyl sites for hydroxylation is 2. The molecule has 1 heterocycles. The van der Waals surface area contributed by atoms with Crippen LogP contribution in [0.4, 0.5) is 0 Å². The second kappa shape index (κ2) is 9.65. The molecule has 0 fully saturated rings. The molecule has 0 aliphatic rings. The van der Waals surface area contributed by atoms with Crippen LogP contribution in [0.25, 0.3) is 11.0 Å². The van der Waals surface area contributed by atoms with E-state index in [-0.39, 0.29) is 0 Å². The fraction of sp³-hybridized carbons (Fsp3) is 0.435. The molecule has 0 aliphatic carbocycles. The predicted octanol–water partition coefficient (Wildman–Crippen LogP) is 4.62. The maximum atomic E-state index is 13.1. The Hall–Kier alpha value is -2.00. The molecule has 8 heteroatoms. The summed E-state index contributed by atoms with van der Waals surface area (Å²) in [7, 11) is -1.48. The van der Waals surface area contributed by atoms with Gasteiger partial charge in [-0.05, 0) is 62.4 Å². The van der Waals surface area contributed by atoms with E-state index in [1.165, 1.54) is 15.4 Å². The van der Waals surface area contributed by atoms with E-state index in [0.717, 1.165) is 24.1 Å². The summed E-state index contributed by atoms with van der Waals surface area (Å²) in [6, 6.07) is 13.7. The molecular weight excluding hydrogens is 428 g/mol. The van der Waals surface area contributed by atoms with Crippen molar-refractivity contribution in [2.24, 2.45) is 0 Å². The lowest BCUT2D eigenvalue weighted by Gasteiger charge is -2.20. The molecule has 0 N–H and O–H groups in total. The van der Waals surface area contributed by atoms with Crippen molar-refractivity contribution in [2.45, 2.75) is 52.3 Å². The third kappa shape index (κ3) is 4.62. The lowest BCUT2D eigenvalue weighted by molar-refractivity contribution is 0.261. The number of hydrogen-bond acceptors (Lipinski definition) is 4. The molecule has 0 atom stereocenters. The van der Waals surface area contributed by atoms with Gasteiger partial charge in [-0.1, -0.05) is 38.1 Å². The summed E-state index contributed by atoms with van der Waals surface area (Å²) in [5.74, 6) is 0. The monoisotopic (exact) mass is 460 g/mol. The number of rotatable bonds is 9. The zero-order valence-corrected chi connectivity index (χ0v) is 20.6. The molecule has 0 saturated heterocycles. The molecule has 0 spiro atoms. The molecule has 168 valence electrons.